The van der Waals surface area contributed by atoms with Crippen LogP contribution in [0.4, 0.5) is 5.69 Å². The second-order valence-electron chi connectivity index (χ2n) is 4.89. The van der Waals surface area contributed by atoms with Gasteiger partial charge < -0.3 is 10.1 Å². The summed E-state index contributed by atoms with van der Waals surface area (Å²) in [5, 5.41) is 2.80. The molecule has 5 heteroatoms. The number of anilines is 1. The van der Waals surface area contributed by atoms with Gasteiger partial charge in [0, 0.05) is 5.69 Å². The molecule has 1 N–H and O–H groups in total. The van der Waals surface area contributed by atoms with Crippen molar-refractivity contribution in [2.45, 2.75) is 6.92 Å². The van der Waals surface area contributed by atoms with Crippen LogP contribution in [0, 0.1) is 6.92 Å². The molecule has 3 aromatic rings. The van der Waals surface area contributed by atoms with E-state index in [1.54, 1.807) is 0 Å². The van der Waals surface area contributed by atoms with Gasteiger partial charge in [-0.25, -0.2) is 9.97 Å². The van der Waals surface area contributed by atoms with Gasteiger partial charge in [0.2, 0.25) is 5.88 Å². The minimum atomic E-state index is -0.348. The lowest BCUT2D eigenvalue weighted by molar-refractivity contribution is 0.101. The van der Waals surface area contributed by atoms with Gasteiger partial charge in [0.15, 0.2) is 5.69 Å². The Balaban J connectivity index is 1.97. The van der Waals surface area contributed by atoms with Crippen LogP contribution < -0.4 is 10.1 Å². The average molecular weight is 293 g/mol. The number of hydrogen-bond donors (Lipinski definition) is 1. The minimum absolute atomic E-state index is 0.168. The van der Waals surface area contributed by atoms with Gasteiger partial charge in [0.05, 0.1) is 18.1 Å². The quantitative estimate of drug-likeness (QED) is 0.805. The van der Waals surface area contributed by atoms with E-state index < -0.39 is 0 Å². The van der Waals surface area contributed by atoms with Crippen molar-refractivity contribution in [1.29, 1.82) is 0 Å². The second kappa shape index (κ2) is 5.81. The molecule has 2 aromatic carbocycles. The highest BCUT2D eigenvalue weighted by Crippen LogP contribution is 2.20. The zero-order chi connectivity index (χ0) is 15.5. The van der Waals surface area contributed by atoms with Crippen molar-refractivity contribution in [1.82, 2.24) is 9.97 Å². The maximum atomic E-state index is 12.4. The number of benzene rings is 2. The molecule has 0 atom stereocenters. The van der Waals surface area contributed by atoms with Gasteiger partial charge in [-0.2, -0.15) is 0 Å². The minimum Gasteiger partial charge on any atom is -0.479 e. The molecule has 0 bridgehead atoms. The van der Waals surface area contributed by atoms with Crippen molar-refractivity contribution in [3.8, 4) is 5.88 Å². The highest BCUT2D eigenvalue weighted by molar-refractivity contribution is 6.05. The number of methoxy groups -OCH3 is 1. The van der Waals surface area contributed by atoms with Crippen molar-refractivity contribution >= 4 is 22.6 Å². The first kappa shape index (κ1) is 14.0. The third-order valence-corrected chi connectivity index (χ3v) is 3.26. The number of nitrogens with zero attached hydrogens (tertiary/aromatic N) is 2. The Kier molecular flexibility index (Phi) is 3.70. The molecule has 1 heterocycles. The highest BCUT2D eigenvalue weighted by Gasteiger charge is 2.17. The molecule has 0 aliphatic rings. The van der Waals surface area contributed by atoms with Crippen molar-refractivity contribution in [3.63, 3.8) is 0 Å². The van der Waals surface area contributed by atoms with Crippen molar-refractivity contribution in [2.24, 2.45) is 0 Å². The number of rotatable bonds is 3. The summed E-state index contributed by atoms with van der Waals surface area (Å²) in [4.78, 5) is 21.1. The van der Waals surface area contributed by atoms with E-state index in [0.717, 1.165) is 5.56 Å². The Morgan fingerprint density at radius 3 is 2.27 bits per heavy atom. The van der Waals surface area contributed by atoms with E-state index >= 15 is 0 Å². The predicted molar refractivity (Wildman–Crippen MR) is 85.2 cm³/mol. The molecule has 0 unspecified atom stereocenters. The molecule has 0 fully saturated rings. The van der Waals surface area contributed by atoms with Crippen LogP contribution in [0.15, 0.2) is 48.5 Å². The van der Waals surface area contributed by atoms with Gasteiger partial charge in [0.25, 0.3) is 5.91 Å². The third kappa shape index (κ3) is 2.74. The maximum absolute atomic E-state index is 12.4. The van der Waals surface area contributed by atoms with Crippen LogP contribution in [-0.4, -0.2) is 23.0 Å². The van der Waals surface area contributed by atoms with E-state index in [1.165, 1.54) is 7.11 Å². The highest BCUT2D eigenvalue weighted by atomic mass is 16.5. The van der Waals surface area contributed by atoms with E-state index in [4.69, 9.17) is 4.74 Å². The fourth-order valence-electron chi connectivity index (χ4n) is 2.10. The molecule has 0 spiro atoms. The Morgan fingerprint density at radius 1 is 1.00 bits per heavy atom. The average Bonchev–Trinajstić information content (AvgIpc) is 2.55. The molecule has 1 aromatic heterocycles. The summed E-state index contributed by atoms with van der Waals surface area (Å²) in [7, 11) is 1.47. The molecule has 3 rings (SSSR count). The molecule has 0 saturated heterocycles. The fourth-order valence-corrected chi connectivity index (χ4v) is 2.10. The lowest BCUT2D eigenvalue weighted by atomic mass is 10.2. The van der Waals surface area contributed by atoms with Crippen LogP contribution in [0.1, 0.15) is 16.1 Å². The topological polar surface area (TPSA) is 64.1 Å². The van der Waals surface area contributed by atoms with Crippen LogP contribution >= 0.6 is 0 Å². The van der Waals surface area contributed by atoms with E-state index in [1.807, 2.05) is 55.5 Å². The summed E-state index contributed by atoms with van der Waals surface area (Å²) < 4.78 is 5.20. The lowest BCUT2D eigenvalue weighted by Crippen LogP contribution is -2.16. The predicted octanol–water partition coefficient (Wildman–Crippen LogP) is 3.20. The molecule has 0 radical (unpaired) electrons. The Labute approximate surface area is 128 Å². The molecule has 0 saturated carbocycles. The molecule has 5 nitrogen and oxygen atoms in total. The number of fused-ring (bicyclic) bond motifs is 1. The number of carbonyl (C=O) groups is 1. The number of ether oxygens (including phenoxy) is 1. The number of carbonyl (C=O) groups excluding carboxylic acids is 1. The molecule has 22 heavy (non-hydrogen) atoms. The van der Waals surface area contributed by atoms with Crippen molar-refractivity contribution in [2.75, 3.05) is 12.4 Å². The number of hydrogen-bond acceptors (Lipinski definition) is 4. The summed E-state index contributed by atoms with van der Waals surface area (Å²) in [5.41, 5.74) is 3.33. The molecular weight excluding hydrogens is 278 g/mol. The molecular formula is C17H15N3O2. The number of aryl methyl sites for hydroxylation is 1. The second-order valence-corrected chi connectivity index (χ2v) is 4.89. The van der Waals surface area contributed by atoms with Gasteiger partial charge in [-0.3, -0.25) is 4.79 Å². The monoisotopic (exact) mass is 293 g/mol. The first-order chi connectivity index (χ1) is 10.7. The number of para-hydroxylation sites is 2. The summed E-state index contributed by atoms with van der Waals surface area (Å²) in [6.07, 6.45) is 0. The van der Waals surface area contributed by atoms with Crippen LogP contribution in [0.2, 0.25) is 0 Å². The zero-order valence-electron chi connectivity index (χ0n) is 12.3. The third-order valence-electron chi connectivity index (χ3n) is 3.26. The van der Waals surface area contributed by atoms with Gasteiger partial charge in [-0.1, -0.05) is 29.8 Å². The Bertz CT molecular complexity index is 829. The fraction of sp³-hybridized carbons (Fsp3) is 0.118. The Morgan fingerprint density at radius 2 is 1.64 bits per heavy atom. The standard InChI is InChI=1S/C17H15N3O2/c1-11-7-9-12(10-8-11)18-16(21)15-17(22-2)20-14-6-4-3-5-13(14)19-15/h3-10H,1-2H3,(H,18,21). The van der Waals surface area contributed by atoms with E-state index in [0.29, 0.717) is 16.7 Å². The smallest absolute Gasteiger partial charge is 0.279 e. The van der Waals surface area contributed by atoms with Crippen LogP contribution in [0.5, 0.6) is 5.88 Å². The van der Waals surface area contributed by atoms with Gasteiger partial charge >= 0.3 is 0 Å². The first-order valence-electron chi connectivity index (χ1n) is 6.86. The van der Waals surface area contributed by atoms with E-state index in [2.05, 4.69) is 15.3 Å². The van der Waals surface area contributed by atoms with Gasteiger partial charge in [-0.05, 0) is 31.2 Å². The van der Waals surface area contributed by atoms with E-state index in [-0.39, 0.29) is 17.5 Å². The number of nitrogens with one attached hydrogen (secondary N) is 1. The molecule has 110 valence electrons. The number of amides is 1. The number of aromatic nitrogens is 2. The summed E-state index contributed by atoms with van der Waals surface area (Å²) in [6.45, 7) is 1.99. The Hall–Kier alpha value is -2.95. The summed E-state index contributed by atoms with van der Waals surface area (Å²) >= 11 is 0. The van der Waals surface area contributed by atoms with Crippen LogP contribution in [0.3, 0.4) is 0 Å². The largest absolute Gasteiger partial charge is 0.479 e. The maximum Gasteiger partial charge on any atom is 0.279 e. The molecule has 1 amide bonds. The molecule has 0 aliphatic carbocycles. The van der Waals surface area contributed by atoms with Crippen LogP contribution in [-0.2, 0) is 0 Å². The van der Waals surface area contributed by atoms with Gasteiger partial charge in [0.1, 0.15) is 0 Å². The van der Waals surface area contributed by atoms with Gasteiger partial charge in [-0.15, -0.1) is 0 Å². The van der Waals surface area contributed by atoms with Crippen molar-refractivity contribution < 1.29 is 9.53 Å². The summed E-state index contributed by atoms with van der Waals surface area (Å²) in [5.74, 6) is -0.137. The van der Waals surface area contributed by atoms with Crippen LogP contribution in [0.25, 0.3) is 11.0 Å². The van der Waals surface area contributed by atoms with E-state index in [9.17, 15) is 4.79 Å². The summed E-state index contributed by atoms with van der Waals surface area (Å²) in [6, 6.07) is 14.9. The van der Waals surface area contributed by atoms with Crippen molar-refractivity contribution in [3.05, 3.63) is 59.8 Å². The normalized spacial score (nSPS) is 10.5. The zero-order valence-corrected chi connectivity index (χ0v) is 12.3. The lowest BCUT2D eigenvalue weighted by Gasteiger charge is -2.09. The first-order valence-corrected chi connectivity index (χ1v) is 6.86. The SMILES string of the molecule is COc1nc2ccccc2nc1C(=O)Nc1ccc(C)cc1. The molecule has 0 aliphatic heterocycles.